The number of piperidine rings is 1. The number of phenolic OH excluding ortho intramolecular Hbond substituents is 2. The van der Waals surface area contributed by atoms with Crippen molar-refractivity contribution in [3.05, 3.63) is 87.4 Å². The fourth-order valence-electron chi connectivity index (χ4n) is 15.4. The number of carbonyl (C=O) groups is 16. The number of nitrogens with zero attached hydrogens (tertiary/aromatic N) is 9. The van der Waals surface area contributed by atoms with Crippen LogP contribution in [0.2, 0.25) is 0 Å². The molecule has 46 heteroatoms. The molecule has 1 radical (unpaired) electrons. The zero-order valence-corrected chi connectivity index (χ0v) is 79.0. The summed E-state index contributed by atoms with van der Waals surface area (Å²) in [7, 11) is 0. The van der Waals surface area contributed by atoms with Crippen LogP contribution in [0.4, 0.5) is 0 Å². The van der Waals surface area contributed by atoms with Crippen molar-refractivity contribution in [1.29, 1.82) is 0 Å². The topological polar surface area (TPSA) is 622 Å². The number of halogens is 1. The summed E-state index contributed by atoms with van der Waals surface area (Å²) in [5.74, 6) is -15.2. The fraction of sp³-hybridized carbons (Fsp3) is 0.568. The number of hydrogen-bond acceptors (Lipinski definition) is 26. The zero-order chi connectivity index (χ0) is 97.2. The Hall–Kier alpha value is -10.8. The van der Waals surface area contributed by atoms with Crippen molar-refractivity contribution in [2.75, 3.05) is 138 Å². The Morgan fingerprint density at radius 1 is 0.500 bits per heavy atom. The molecule has 0 bridgehead atoms. The second kappa shape index (κ2) is 58.5. The standard InChI is InChI=1S/C88H124IN17O27.Lu/c1-4-90-87(129)82-99-98-81(62-49-61(55(2)3)69(107)50-70(62)108)106(82)60-15-19-67-58(48-60)29-36-103(67)33-26-57-27-34-105(35-28-57)74(112)25-31-92-84(126)64(16-22-75(113)114)96-86(128)66(18-24-77(117)118)97-85(127)65(17-23-76(115)116)95-73(111)54-133-47-46-132-45-32-93-83(125)63(94-72(110)10-7-8-56-11-13-59(89)14-12-56)9-5-6-30-91-71(109)21-20-68(88(130)131)104-43-41-101(52-79(121)122)39-37-100(51-78(119)120)38-40-102(42-44-104)53-80(123)124;/h11-15,19,29,36,48-50,55,57,63-66,68,107-108H,4-10,16-18,20-28,30-35,37-47,51-54H2,1-3H3,(H,90,129)(H,91,109)(H,92,126)(H,93,125)(H,94,110)(H,95,111)(H,96,128)(H,97,127)(H,113,114)(H,115,116)(H,117,118)(H,119,120)(H,121,122)(H,123,124)(H,130,131);/t63-,64+,65+,66+,68+;/m0./s1. The summed E-state index contributed by atoms with van der Waals surface area (Å²) in [6, 6.07) is 11.0. The predicted molar refractivity (Wildman–Crippen MR) is 486 cm³/mol. The summed E-state index contributed by atoms with van der Waals surface area (Å²) < 4.78 is 15.8. The van der Waals surface area contributed by atoms with Crippen molar-refractivity contribution in [2.45, 2.75) is 179 Å². The molecule has 3 aromatic carbocycles. The van der Waals surface area contributed by atoms with E-state index >= 15 is 0 Å². The first-order valence-electron chi connectivity index (χ1n) is 44.5. The average Bonchev–Trinajstić information content (AvgIpc) is 1.60. The molecule has 0 aliphatic carbocycles. The maximum absolute atomic E-state index is 14.0. The van der Waals surface area contributed by atoms with E-state index in [0.717, 1.165) is 26.5 Å². The van der Waals surface area contributed by atoms with Gasteiger partial charge in [-0.05, 0) is 172 Å². The summed E-state index contributed by atoms with van der Waals surface area (Å²) in [4.78, 5) is 213. The zero-order valence-electron chi connectivity index (χ0n) is 75.2. The van der Waals surface area contributed by atoms with Gasteiger partial charge in [0.05, 0.1) is 50.7 Å². The molecule has 2 aliphatic heterocycles. The fourth-order valence-corrected chi connectivity index (χ4v) is 15.8. The van der Waals surface area contributed by atoms with Crippen LogP contribution < -0.4 is 42.5 Å². The van der Waals surface area contributed by atoms with E-state index in [2.05, 4.69) is 79.9 Å². The number of aromatic hydroxyl groups is 2. The Bertz CT molecular complexity index is 4770. The summed E-state index contributed by atoms with van der Waals surface area (Å²) in [6.45, 7) is 5.47. The van der Waals surface area contributed by atoms with Gasteiger partial charge >= 0.3 is 41.8 Å². The number of aliphatic carboxylic acids is 7. The predicted octanol–water partition coefficient (Wildman–Crippen LogP) is 1.61. The Morgan fingerprint density at radius 2 is 1.04 bits per heavy atom. The maximum Gasteiger partial charge on any atom is 0.320 e. The molecule has 17 N–H and O–H groups in total. The van der Waals surface area contributed by atoms with Crippen LogP contribution in [0.3, 0.4) is 0 Å². The van der Waals surface area contributed by atoms with Crippen molar-refractivity contribution in [1.82, 2.24) is 86.4 Å². The first-order valence-corrected chi connectivity index (χ1v) is 45.6. The van der Waals surface area contributed by atoms with E-state index in [1.165, 1.54) is 6.07 Å². The molecule has 9 amide bonds. The number of hydrogen-bond donors (Lipinski definition) is 17. The van der Waals surface area contributed by atoms with Gasteiger partial charge in [0.1, 0.15) is 48.3 Å². The third-order valence-electron chi connectivity index (χ3n) is 22.6. The minimum atomic E-state index is -1.75. The summed E-state index contributed by atoms with van der Waals surface area (Å²) in [5.41, 5.74) is 3.31. The first kappa shape index (κ1) is 112. The third kappa shape index (κ3) is 39.2. The molecule has 2 fully saturated rings. The summed E-state index contributed by atoms with van der Waals surface area (Å²) in [5, 5.41) is 120. The van der Waals surface area contributed by atoms with Crippen LogP contribution in [-0.4, -0.2) is 353 Å². The number of ether oxygens (including phenoxy) is 2. The van der Waals surface area contributed by atoms with Crippen LogP contribution in [0.25, 0.3) is 28.0 Å². The number of amides is 9. The molecule has 0 unspecified atom stereocenters. The quantitative estimate of drug-likeness (QED) is 0.0194. The minimum absolute atomic E-state index is 0. The molecule has 5 aromatic rings. The van der Waals surface area contributed by atoms with Gasteiger partial charge in [-0.25, -0.2) is 0 Å². The van der Waals surface area contributed by atoms with Gasteiger partial charge < -0.3 is 107 Å². The number of likely N-dealkylation sites (tertiary alicyclic amines) is 1. The first-order chi connectivity index (χ1) is 63.4. The Kier molecular flexibility index (Phi) is 48.8. The molecular formula is C88H124ILuN17O27. The van der Waals surface area contributed by atoms with Crippen LogP contribution in [-0.2, 0) is 94.4 Å². The van der Waals surface area contributed by atoms with Gasteiger partial charge in [0.25, 0.3) is 5.91 Å². The van der Waals surface area contributed by atoms with Crippen LogP contribution in [0.1, 0.15) is 158 Å². The molecule has 44 nitrogen and oxygen atoms in total. The molecule has 4 heterocycles. The second-order valence-corrected chi connectivity index (χ2v) is 34.2. The van der Waals surface area contributed by atoms with Crippen molar-refractivity contribution < 1.29 is 169 Å². The molecule has 0 saturated carbocycles. The summed E-state index contributed by atoms with van der Waals surface area (Å²) >= 11 is 2.18. The summed E-state index contributed by atoms with van der Waals surface area (Å²) in [6.07, 6.45) is 1.76. The largest absolute Gasteiger partial charge is 0.508 e. The molecule has 0 spiro atoms. The Balaban J connectivity index is 0.0000276. The van der Waals surface area contributed by atoms with E-state index < -0.39 is 177 Å². The molecule has 134 heavy (non-hydrogen) atoms. The van der Waals surface area contributed by atoms with Gasteiger partial charge in [-0.15, -0.1) is 10.2 Å². The van der Waals surface area contributed by atoms with E-state index in [1.54, 1.807) is 42.1 Å². The number of rotatable bonds is 56. The van der Waals surface area contributed by atoms with E-state index in [9.17, 15) is 123 Å². The number of benzene rings is 3. The monoisotopic (exact) mass is 2150 g/mol. The Morgan fingerprint density at radius 3 is 1.60 bits per heavy atom. The molecule has 745 valence electrons. The number of carboxylic acid groups (broad SMARTS) is 7. The number of aryl methyl sites for hydroxylation is 2. The molecule has 2 saturated heterocycles. The van der Waals surface area contributed by atoms with Crippen LogP contribution in [0.5, 0.6) is 11.5 Å². The van der Waals surface area contributed by atoms with Crippen molar-refractivity contribution in [2.24, 2.45) is 5.92 Å². The van der Waals surface area contributed by atoms with Gasteiger partial charge in [0, 0.05) is 200 Å². The second-order valence-electron chi connectivity index (χ2n) is 32.9. The molecule has 2 aliphatic rings. The minimum Gasteiger partial charge on any atom is -0.508 e. The van der Waals surface area contributed by atoms with Gasteiger partial charge in [-0.3, -0.25) is 101 Å². The van der Waals surface area contributed by atoms with E-state index in [4.69, 9.17) is 9.47 Å². The maximum atomic E-state index is 14.0. The number of unbranched alkanes of at least 4 members (excludes halogenated alkanes) is 1. The van der Waals surface area contributed by atoms with E-state index in [1.807, 2.05) is 68.6 Å². The molecule has 5 atom stereocenters. The van der Waals surface area contributed by atoms with Crippen LogP contribution in [0.15, 0.2) is 66.9 Å². The number of carbonyl (C=O) groups excluding carboxylic acids is 9. The van der Waals surface area contributed by atoms with E-state index in [-0.39, 0.29) is 214 Å². The SMILES string of the molecule is CCNC(=O)c1nnc(-c2cc(C(C)C)c(O)cc2O)n1-c1ccc2c(ccn2CCC2CCN(C(=O)CCNC(=O)[C@@H](CCC(=O)O)NC(=O)[C@@H](CCC(=O)O)NC(=O)[C@@H](CCC(=O)O)NC(=O)COCCOCCNC(=O)[C@H](CCCCNC(=O)CC[C@H](C(=O)O)N3CCN(CC(=O)O)CCN(CC(=O)O)CCN(CC(=O)O)CC3)NC(=O)CCCc3ccc(I)cc3)CC2)c1.[Lu]. The molecule has 2 aromatic heterocycles. The molecule has 7 rings (SSSR count). The number of nitrogens with one attached hydrogen (secondary N) is 8. The number of fused-ring (bicyclic) bond motifs is 1. The van der Waals surface area contributed by atoms with Gasteiger partial charge in [0.2, 0.25) is 53.1 Å². The van der Waals surface area contributed by atoms with Gasteiger partial charge in [0.15, 0.2) is 5.82 Å². The molecular weight excluding hydrogens is 2030 g/mol. The van der Waals surface area contributed by atoms with Crippen molar-refractivity contribution in [3.63, 3.8) is 0 Å². The van der Waals surface area contributed by atoms with Crippen LogP contribution >= 0.6 is 22.6 Å². The Labute approximate surface area is 816 Å². The van der Waals surface area contributed by atoms with E-state index in [0.29, 0.717) is 76.0 Å². The number of carboxylic acids is 7. The average molecular weight is 2150 g/mol. The van der Waals surface area contributed by atoms with Gasteiger partial charge in [-0.1, -0.05) is 26.0 Å². The normalized spacial score (nSPS) is 14.9. The smallest absolute Gasteiger partial charge is 0.320 e. The number of aromatic nitrogens is 4. The number of phenols is 2. The van der Waals surface area contributed by atoms with Crippen molar-refractivity contribution >= 4 is 128 Å². The van der Waals surface area contributed by atoms with Crippen LogP contribution in [0, 0.1) is 46.4 Å². The van der Waals surface area contributed by atoms with Crippen molar-refractivity contribution in [3.8, 4) is 28.6 Å². The van der Waals surface area contributed by atoms with Gasteiger partial charge in [-0.2, -0.15) is 0 Å². The third-order valence-corrected chi connectivity index (χ3v) is 23.3.